The summed E-state index contributed by atoms with van der Waals surface area (Å²) >= 11 is 0. The molecule has 3 saturated heterocycles. The van der Waals surface area contributed by atoms with Gasteiger partial charge in [-0.1, -0.05) is 27.7 Å². The van der Waals surface area contributed by atoms with Crippen LogP contribution in [0.4, 0.5) is 0 Å². The van der Waals surface area contributed by atoms with Crippen molar-refractivity contribution in [2.45, 2.75) is 171 Å². The molecule has 0 aromatic carbocycles. The second-order valence-electron chi connectivity index (χ2n) is 19.3. The third kappa shape index (κ3) is 5.63. The van der Waals surface area contributed by atoms with Crippen LogP contribution in [0.25, 0.3) is 0 Å². The number of aliphatic hydroxyl groups is 8. The smallest absolute Gasteiger partial charge is 0.186 e. The Morgan fingerprint density at radius 1 is 0.833 bits per heavy atom. The van der Waals surface area contributed by atoms with Crippen LogP contribution >= 0.6 is 0 Å². The van der Waals surface area contributed by atoms with Gasteiger partial charge in [0.05, 0.1) is 37.6 Å². The summed E-state index contributed by atoms with van der Waals surface area (Å²) in [6, 6.07) is 0. The summed E-state index contributed by atoms with van der Waals surface area (Å²) in [6.07, 6.45) is -6.07. The highest BCUT2D eigenvalue weighted by Gasteiger charge is 2.81. The van der Waals surface area contributed by atoms with Crippen LogP contribution in [0, 0.1) is 57.7 Å². The highest BCUT2D eigenvalue weighted by Crippen LogP contribution is 2.82. The number of aliphatic hydroxyl groups excluding tert-OH is 8. The van der Waals surface area contributed by atoms with Crippen molar-refractivity contribution in [3.8, 4) is 0 Å². The van der Waals surface area contributed by atoms with Crippen molar-refractivity contribution in [3.05, 3.63) is 0 Å². The van der Waals surface area contributed by atoms with Crippen molar-refractivity contribution in [1.29, 1.82) is 0 Å². The standard InChI is InChI=1S/C40H66O14/c1-17(16-50-35-33(47)32(46)30(44)25(15-41)52-35)7-10-40(49-6)18(2)28-24(54-40)13-23-21-12-26(42)39-14-20(39)11-27(38(39,5)22(21)8-9-37(23,28)4)53-36-34(48)31(45)29(43)19(3)51-36/h17-36,41-48H,7-16H2,1-6H3/t17-,18-,19+,20-,21+,22-,23-,24-,25+,26+,27+,28?,29-,30+,31-,32-,33+,34+,35+,36-,37-,38-,39-,40+/m0/s1. The first-order valence-electron chi connectivity index (χ1n) is 20.7. The van der Waals surface area contributed by atoms with Crippen LogP contribution in [0.1, 0.15) is 86.0 Å². The summed E-state index contributed by atoms with van der Waals surface area (Å²) in [6.45, 7) is 10.4. The van der Waals surface area contributed by atoms with E-state index in [0.29, 0.717) is 30.6 Å². The Morgan fingerprint density at radius 2 is 1.54 bits per heavy atom. The van der Waals surface area contributed by atoms with E-state index in [1.54, 1.807) is 14.0 Å². The average Bonchev–Trinajstić information content (AvgIpc) is 3.59. The van der Waals surface area contributed by atoms with E-state index >= 15 is 0 Å². The molecule has 14 heteroatoms. The molecule has 8 fully saturated rings. The van der Waals surface area contributed by atoms with E-state index in [9.17, 15) is 40.9 Å². The molecule has 1 spiro atoms. The van der Waals surface area contributed by atoms with Crippen molar-refractivity contribution in [1.82, 2.24) is 0 Å². The first kappa shape index (κ1) is 40.2. The zero-order chi connectivity index (χ0) is 38.9. The molecule has 54 heavy (non-hydrogen) atoms. The van der Waals surface area contributed by atoms with Gasteiger partial charge in [0.2, 0.25) is 0 Å². The number of ether oxygens (including phenoxy) is 6. The van der Waals surface area contributed by atoms with Crippen molar-refractivity contribution in [2.75, 3.05) is 20.3 Å². The quantitative estimate of drug-likeness (QED) is 0.153. The summed E-state index contributed by atoms with van der Waals surface area (Å²) in [4.78, 5) is 0. The molecule has 310 valence electrons. The Morgan fingerprint density at radius 3 is 2.24 bits per heavy atom. The Hall–Kier alpha value is -0.560. The van der Waals surface area contributed by atoms with E-state index in [1.807, 2.05) is 6.92 Å². The van der Waals surface area contributed by atoms with Gasteiger partial charge in [-0.05, 0) is 92.8 Å². The Balaban J connectivity index is 0.941. The molecule has 24 atom stereocenters. The third-order valence-corrected chi connectivity index (χ3v) is 17.1. The molecule has 1 unspecified atom stereocenters. The Bertz CT molecular complexity index is 1370. The summed E-state index contributed by atoms with van der Waals surface area (Å²) in [5.41, 5.74) is -0.564. The molecule has 8 rings (SSSR count). The van der Waals surface area contributed by atoms with E-state index in [1.165, 1.54) is 0 Å². The van der Waals surface area contributed by atoms with Gasteiger partial charge >= 0.3 is 0 Å². The second-order valence-corrected chi connectivity index (χ2v) is 19.3. The lowest BCUT2D eigenvalue weighted by atomic mass is 9.44. The maximum atomic E-state index is 12.0. The Labute approximate surface area is 318 Å². The summed E-state index contributed by atoms with van der Waals surface area (Å²) in [5.74, 6) is 0.931. The minimum Gasteiger partial charge on any atom is -0.394 e. The van der Waals surface area contributed by atoms with Gasteiger partial charge in [0.1, 0.15) is 42.7 Å². The van der Waals surface area contributed by atoms with Crippen LogP contribution in [0.3, 0.4) is 0 Å². The normalized spacial score (nSPS) is 59.6. The lowest BCUT2D eigenvalue weighted by Gasteiger charge is -2.62. The molecule has 0 bridgehead atoms. The number of fused-ring (bicyclic) bond motifs is 6. The van der Waals surface area contributed by atoms with Crippen LogP contribution in [0.5, 0.6) is 0 Å². The largest absolute Gasteiger partial charge is 0.394 e. The molecule has 8 N–H and O–H groups in total. The first-order chi connectivity index (χ1) is 25.5. The molecular weight excluding hydrogens is 704 g/mol. The Kier molecular flexibility index (Phi) is 10.5. The van der Waals surface area contributed by atoms with Gasteiger partial charge < -0.3 is 69.3 Å². The molecule has 8 aliphatic rings. The zero-order valence-electron chi connectivity index (χ0n) is 32.6. The number of hydrogen-bond acceptors (Lipinski definition) is 14. The topological polar surface area (TPSA) is 217 Å². The van der Waals surface area contributed by atoms with E-state index in [0.717, 1.165) is 38.5 Å². The summed E-state index contributed by atoms with van der Waals surface area (Å²) in [5, 5.41) is 83.9. The maximum Gasteiger partial charge on any atom is 0.186 e. The van der Waals surface area contributed by atoms with E-state index in [4.69, 9.17) is 28.4 Å². The summed E-state index contributed by atoms with van der Waals surface area (Å²) in [7, 11) is 1.72. The SMILES string of the molecule is CO[C@]1(CC[C@H](C)CO[C@@H]2O[C@H](CO)[C@@H](O)[C@H](O)[C@H]2O)O[C@H]2C[C@H]3[C@@H]4C[C@@H](O)[C@]56C[C@@H]5C[C@@H](O[C@@H]5O[C@H](C)[C@H](O)[C@H](O)[C@H]5O)[C@]6(C)[C@H]4CC[C@]3(C)C2[C@@H]1C. The minimum absolute atomic E-state index is 0.0136. The lowest BCUT2D eigenvalue weighted by molar-refractivity contribution is -0.321. The van der Waals surface area contributed by atoms with Crippen LogP contribution in [0.15, 0.2) is 0 Å². The fourth-order valence-corrected chi connectivity index (χ4v) is 14.1. The van der Waals surface area contributed by atoms with E-state index < -0.39 is 79.9 Å². The predicted octanol–water partition coefficient (Wildman–Crippen LogP) is 0.659. The van der Waals surface area contributed by atoms with Crippen LogP contribution in [-0.2, 0) is 28.4 Å². The van der Waals surface area contributed by atoms with Crippen molar-refractivity contribution in [3.63, 3.8) is 0 Å². The zero-order valence-corrected chi connectivity index (χ0v) is 32.6. The fourth-order valence-electron chi connectivity index (χ4n) is 14.1. The second kappa shape index (κ2) is 14.0. The molecule has 5 aliphatic carbocycles. The lowest BCUT2D eigenvalue weighted by Crippen LogP contribution is -2.62. The average molecular weight is 771 g/mol. The van der Waals surface area contributed by atoms with Gasteiger partial charge in [-0.15, -0.1) is 0 Å². The number of methoxy groups -OCH3 is 1. The monoisotopic (exact) mass is 770 g/mol. The minimum atomic E-state index is -1.49. The van der Waals surface area contributed by atoms with E-state index in [-0.39, 0.29) is 58.7 Å². The molecule has 0 aromatic rings. The molecule has 0 amide bonds. The number of rotatable bonds is 10. The van der Waals surface area contributed by atoms with Crippen LogP contribution < -0.4 is 0 Å². The van der Waals surface area contributed by atoms with Gasteiger partial charge in [0.25, 0.3) is 0 Å². The number of hydrogen-bond donors (Lipinski definition) is 8. The third-order valence-electron chi connectivity index (χ3n) is 17.1. The first-order valence-corrected chi connectivity index (χ1v) is 20.7. The molecule has 3 heterocycles. The van der Waals surface area contributed by atoms with Crippen molar-refractivity contribution < 1.29 is 69.3 Å². The molecule has 3 aliphatic heterocycles. The van der Waals surface area contributed by atoms with Crippen LogP contribution in [-0.4, -0.2) is 147 Å². The predicted molar refractivity (Wildman–Crippen MR) is 189 cm³/mol. The van der Waals surface area contributed by atoms with Gasteiger partial charge in [0, 0.05) is 30.3 Å². The highest BCUT2D eigenvalue weighted by atomic mass is 16.7. The maximum absolute atomic E-state index is 12.0. The molecule has 5 saturated carbocycles. The molecule has 0 aromatic heterocycles. The van der Waals surface area contributed by atoms with Gasteiger partial charge in [0.15, 0.2) is 18.4 Å². The van der Waals surface area contributed by atoms with Gasteiger partial charge in [-0.2, -0.15) is 0 Å². The van der Waals surface area contributed by atoms with Gasteiger partial charge in [-0.25, -0.2) is 0 Å². The summed E-state index contributed by atoms with van der Waals surface area (Å²) < 4.78 is 37.3. The van der Waals surface area contributed by atoms with Crippen LogP contribution in [0.2, 0.25) is 0 Å². The highest BCUT2D eigenvalue weighted by molar-refractivity contribution is 5.29. The molecule has 14 nitrogen and oxygen atoms in total. The molecular formula is C40H66O14. The van der Waals surface area contributed by atoms with E-state index in [2.05, 4.69) is 20.8 Å². The van der Waals surface area contributed by atoms with Gasteiger partial charge in [-0.3, -0.25) is 0 Å². The fraction of sp³-hybridized carbons (Fsp3) is 1.00. The molecule has 0 radical (unpaired) electrons. The van der Waals surface area contributed by atoms with Crippen molar-refractivity contribution in [2.24, 2.45) is 57.7 Å². The van der Waals surface area contributed by atoms with Crippen molar-refractivity contribution >= 4 is 0 Å².